The van der Waals surface area contributed by atoms with Gasteiger partial charge in [-0.2, -0.15) is 5.10 Å². The summed E-state index contributed by atoms with van der Waals surface area (Å²) >= 11 is 0. The molecule has 2 aromatic heterocycles. The summed E-state index contributed by atoms with van der Waals surface area (Å²) in [6.07, 6.45) is 11.5. The zero-order chi connectivity index (χ0) is 31.0. The Kier molecular flexibility index (Phi) is 8.06. The molecule has 0 spiro atoms. The number of nitrogens with zero attached hydrogens (tertiary/aromatic N) is 3. The third kappa shape index (κ3) is 6.00. The van der Waals surface area contributed by atoms with Gasteiger partial charge in [0.05, 0.1) is 7.11 Å². The van der Waals surface area contributed by atoms with Crippen molar-refractivity contribution in [2.24, 2.45) is 23.8 Å². The molecule has 4 aliphatic carbocycles. The Morgan fingerprint density at radius 1 is 1.14 bits per heavy atom. The van der Waals surface area contributed by atoms with Crippen LogP contribution in [0.4, 0.5) is 5.69 Å². The minimum atomic E-state index is -1.03. The van der Waals surface area contributed by atoms with Gasteiger partial charge in [0.1, 0.15) is 24.0 Å². The fourth-order valence-electron chi connectivity index (χ4n) is 8.02. The number of carbonyl (C=O) groups is 4. The minimum Gasteiger partial charge on any atom is -0.466 e. The number of hydrogen-bond donors (Lipinski definition) is 3. The third-order valence-corrected chi connectivity index (χ3v) is 9.82. The predicted molar refractivity (Wildman–Crippen MR) is 158 cm³/mol. The van der Waals surface area contributed by atoms with Gasteiger partial charge in [0.15, 0.2) is 0 Å². The first-order valence-electron chi connectivity index (χ1n) is 14.7. The summed E-state index contributed by atoms with van der Waals surface area (Å²) in [5.74, 6) is -1.26. The highest BCUT2D eigenvalue weighted by molar-refractivity contribution is 6.00. The van der Waals surface area contributed by atoms with E-state index in [-0.39, 0.29) is 53.0 Å². The number of aryl methyl sites for hydroxylation is 1. The molecule has 12 nitrogen and oxygen atoms in total. The van der Waals surface area contributed by atoms with Crippen molar-refractivity contribution in [2.75, 3.05) is 12.4 Å². The highest BCUT2D eigenvalue weighted by Crippen LogP contribution is 2.73. The molecular weight excluding hydrogens is 552 g/mol. The number of nitrogens with one attached hydrogen (secondary N) is 3. The number of hydrogen-bond acceptors (Lipinski definition) is 7. The van der Waals surface area contributed by atoms with E-state index in [1.165, 1.54) is 59.8 Å². The molecule has 12 heteroatoms. The quantitative estimate of drug-likeness (QED) is 0.267. The summed E-state index contributed by atoms with van der Waals surface area (Å²) in [6, 6.07) is 3.54. The van der Waals surface area contributed by atoms with Crippen LogP contribution < -0.4 is 21.5 Å². The van der Waals surface area contributed by atoms with Crippen molar-refractivity contribution in [3.05, 3.63) is 58.8 Å². The van der Waals surface area contributed by atoms with Crippen LogP contribution in [0.1, 0.15) is 69.3 Å². The van der Waals surface area contributed by atoms with E-state index in [0.717, 1.165) is 19.3 Å². The Bertz CT molecular complexity index is 1510. The lowest BCUT2D eigenvalue weighted by molar-refractivity contribution is -0.134. The van der Waals surface area contributed by atoms with Gasteiger partial charge in [-0.1, -0.05) is 19.9 Å². The zero-order valence-corrected chi connectivity index (χ0v) is 25.1. The van der Waals surface area contributed by atoms with Gasteiger partial charge in [0.25, 0.3) is 11.5 Å². The Morgan fingerprint density at radius 3 is 2.49 bits per heavy atom. The molecule has 230 valence electrons. The van der Waals surface area contributed by atoms with Crippen LogP contribution in [0.3, 0.4) is 0 Å². The van der Waals surface area contributed by atoms with Gasteiger partial charge in [0, 0.05) is 31.1 Å². The average Bonchev–Trinajstić information content (AvgIpc) is 3.48. The van der Waals surface area contributed by atoms with Gasteiger partial charge in [0.2, 0.25) is 11.8 Å². The monoisotopic (exact) mass is 592 g/mol. The topological polar surface area (TPSA) is 153 Å². The highest BCUT2D eigenvalue weighted by atomic mass is 16.5. The summed E-state index contributed by atoms with van der Waals surface area (Å²) in [7, 11) is 2.86. The maximum absolute atomic E-state index is 13.3. The second-order valence-corrected chi connectivity index (χ2v) is 13.0. The van der Waals surface area contributed by atoms with Crippen molar-refractivity contribution >= 4 is 29.4 Å². The lowest BCUT2D eigenvalue weighted by atomic mass is 9.71. The smallest absolute Gasteiger partial charge is 0.330 e. The summed E-state index contributed by atoms with van der Waals surface area (Å²) in [5.41, 5.74) is -0.0333. The van der Waals surface area contributed by atoms with Crippen molar-refractivity contribution < 1.29 is 23.9 Å². The van der Waals surface area contributed by atoms with Crippen molar-refractivity contribution in [3.8, 4) is 0 Å². The third-order valence-electron chi connectivity index (χ3n) is 9.82. The van der Waals surface area contributed by atoms with Crippen LogP contribution in [-0.2, 0) is 32.7 Å². The van der Waals surface area contributed by atoms with E-state index in [1.54, 1.807) is 19.2 Å². The Hall–Kier alpha value is -4.22. The van der Waals surface area contributed by atoms with E-state index in [9.17, 15) is 24.0 Å². The van der Waals surface area contributed by atoms with E-state index >= 15 is 0 Å². The predicted octanol–water partition coefficient (Wildman–Crippen LogP) is 2.30. The molecule has 3 amide bonds. The molecule has 0 aliphatic heterocycles. The number of amides is 3. The van der Waals surface area contributed by atoms with Gasteiger partial charge in [-0.3, -0.25) is 23.9 Å². The molecule has 2 heterocycles. The number of anilines is 1. The van der Waals surface area contributed by atoms with E-state index in [4.69, 9.17) is 0 Å². The van der Waals surface area contributed by atoms with Crippen LogP contribution in [-0.4, -0.2) is 56.7 Å². The molecule has 3 N–H and O–H groups in total. The summed E-state index contributed by atoms with van der Waals surface area (Å²) in [4.78, 5) is 64.1. The summed E-state index contributed by atoms with van der Waals surface area (Å²) in [5, 5.41) is 12.6. The van der Waals surface area contributed by atoms with Crippen molar-refractivity contribution in [1.29, 1.82) is 0 Å². The fourth-order valence-corrected chi connectivity index (χ4v) is 8.02. The number of methoxy groups -OCH3 is 1. The van der Waals surface area contributed by atoms with Crippen LogP contribution in [0.15, 0.2) is 47.5 Å². The average molecular weight is 593 g/mol. The van der Waals surface area contributed by atoms with Crippen LogP contribution >= 0.6 is 0 Å². The molecule has 4 saturated carbocycles. The zero-order valence-electron chi connectivity index (χ0n) is 25.1. The minimum absolute atomic E-state index is 0.0109. The van der Waals surface area contributed by atoms with Crippen LogP contribution in [0.5, 0.6) is 0 Å². The second kappa shape index (κ2) is 11.5. The number of allylic oxidation sites excluding steroid dienone is 1. The number of esters is 1. The number of ether oxygens (including phenoxy) is 1. The molecule has 6 rings (SSSR count). The Morgan fingerprint density at radius 2 is 1.86 bits per heavy atom. The second-order valence-electron chi connectivity index (χ2n) is 13.0. The molecule has 0 saturated heterocycles. The first-order chi connectivity index (χ1) is 20.4. The number of carbonyl (C=O) groups excluding carboxylic acids is 4. The molecule has 2 aromatic rings. The van der Waals surface area contributed by atoms with Gasteiger partial charge in [-0.05, 0) is 79.9 Å². The molecule has 2 unspecified atom stereocenters. The maximum atomic E-state index is 13.3. The number of aromatic nitrogens is 3. The van der Waals surface area contributed by atoms with E-state index in [0.29, 0.717) is 5.92 Å². The van der Waals surface area contributed by atoms with E-state index in [2.05, 4.69) is 39.6 Å². The molecule has 0 radical (unpaired) electrons. The maximum Gasteiger partial charge on any atom is 0.330 e. The van der Waals surface area contributed by atoms with Gasteiger partial charge in [-0.15, -0.1) is 0 Å². The van der Waals surface area contributed by atoms with E-state index in [1.807, 2.05) is 0 Å². The van der Waals surface area contributed by atoms with Crippen LogP contribution in [0.2, 0.25) is 0 Å². The first kappa shape index (κ1) is 30.2. The normalized spacial score (nSPS) is 27.7. The molecule has 4 bridgehead atoms. The van der Waals surface area contributed by atoms with E-state index < -0.39 is 29.4 Å². The van der Waals surface area contributed by atoms with Crippen molar-refractivity contribution in [3.63, 3.8) is 0 Å². The van der Waals surface area contributed by atoms with Gasteiger partial charge in [-0.25, -0.2) is 4.79 Å². The number of rotatable bonds is 11. The molecule has 43 heavy (non-hydrogen) atoms. The molecule has 0 aromatic carbocycles. The summed E-state index contributed by atoms with van der Waals surface area (Å²) < 4.78 is 7.24. The lowest BCUT2D eigenvalue weighted by Gasteiger charge is -2.41. The largest absolute Gasteiger partial charge is 0.466 e. The van der Waals surface area contributed by atoms with Gasteiger partial charge < -0.3 is 25.3 Å². The first-order valence-corrected chi connectivity index (χ1v) is 14.7. The molecule has 4 fully saturated rings. The van der Waals surface area contributed by atoms with Crippen LogP contribution in [0, 0.1) is 16.7 Å². The van der Waals surface area contributed by atoms with Crippen molar-refractivity contribution in [1.82, 2.24) is 25.0 Å². The van der Waals surface area contributed by atoms with Gasteiger partial charge >= 0.3 is 5.97 Å². The van der Waals surface area contributed by atoms with Crippen molar-refractivity contribution in [2.45, 2.75) is 76.9 Å². The SMILES string of the molecule is COC(=O)/C=C/CC[C@H](NC(=O)c1ccnn1C)C(=O)Nc1cccn(CC(=O)NC23CC4CC(C)(C2)C(C)(C4)C3)c1=O. The Balaban J connectivity index is 1.26. The summed E-state index contributed by atoms with van der Waals surface area (Å²) in [6.45, 7) is 4.53. The standard InChI is InChI=1S/C31H40N6O6/c1-29-14-20-15-30(29,2)19-31(16-20,18-29)35-24(38)17-37-13-7-9-22(28(37)42)34-26(40)21(8-5-6-10-25(39)43-4)33-27(41)23-11-12-32-36(23)3/h6-7,9-13,20-21H,5,8,14-19H2,1-4H3,(H,33,41)(H,34,40)(H,35,38)/b10-6+/t20?,21-,29?,30?,31?/m0/s1. The highest BCUT2D eigenvalue weighted by Gasteiger charge is 2.67. The molecule has 4 aliphatic rings. The Labute approximate surface area is 250 Å². The molecule has 3 atom stereocenters. The molecular formula is C31H40N6O6. The number of pyridine rings is 1. The van der Waals surface area contributed by atoms with Crippen LogP contribution in [0.25, 0.3) is 0 Å². The fraction of sp³-hybridized carbons (Fsp3) is 0.548. The lowest BCUT2D eigenvalue weighted by Crippen LogP contribution is -2.52.